The highest BCUT2D eigenvalue weighted by atomic mass is 16.6. The average Bonchev–Trinajstić information content (AvgIpc) is 3.31. The van der Waals surface area contributed by atoms with Gasteiger partial charge in [0.1, 0.15) is 12.2 Å². The van der Waals surface area contributed by atoms with Gasteiger partial charge < -0.3 is 9.88 Å². The van der Waals surface area contributed by atoms with Gasteiger partial charge in [-0.15, -0.1) is 10.2 Å². The van der Waals surface area contributed by atoms with Gasteiger partial charge in [-0.05, 0) is 61.3 Å². The molecular weight excluding hydrogens is 440 g/mol. The highest BCUT2D eigenvalue weighted by molar-refractivity contribution is 5.77. The van der Waals surface area contributed by atoms with Gasteiger partial charge >= 0.3 is 0 Å². The van der Waals surface area contributed by atoms with Crippen molar-refractivity contribution in [1.82, 2.24) is 19.7 Å². The molecular formula is C27H28N6O2. The number of nitrogens with zero attached hydrogens (tertiary/aromatic N) is 5. The predicted octanol–water partition coefficient (Wildman–Crippen LogP) is 5.51. The SMILES string of the molecule is Cn1cnnc1C1CCN(Cc2cccc(Nc3ccc(-c4ccccc4)c([N+](=O)[O-])c3)c2)CC1. The highest BCUT2D eigenvalue weighted by Gasteiger charge is 2.24. The summed E-state index contributed by atoms with van der Waals surface area (Å²) in [7, 11) is 2.00. The molecule has 4 aromatic rings. The number of nitro groups is 1. The zero-order chi connectivity index (χ0) is 24.2. The van der Waals surface area contributed by atoms with Gasteiger partial charge in [0.2, 0.25) is 0 Å². The number of likely N-dealkylation sites (tertiary alicyclic amines) is 1. The molecule has 178 valence electrons. The van der Waals surface area contributed by atoms with Gasteiger partial charge in [-0.25, -0.2) is 0 Å². The molecule has 1 fully saturated rings. The number of nitrogens with one attached hydrogen (secondary N) is 1. The lowest BCUT2D eigenvalue weighted by atomic mass is 9.95. The molecule has 0 bridgehead atoms. The van der Waals surface area contributed by atoms with Crippen LogP contribution in [0.3, 0.4) is 0 Å². The molecule has 0 aliphatic carbocycles. The van der Waals surface area contributed by atoms with Crippen LogP contribution in [0.5, 0.6) is 0 Å². The zero-order valence-corrected chi connectivity index (χ0v) is 19.7. The third-order valence-corrected chi connectivity index (χ3v) is 6.60. The van der Waals surface area contributed by atoms with Crippen LogP contribution in [-0.4, -0.2) is 37.7 Å². The fraction of sp³-hybridized carbons (Fsp3) is 0.259. The van der Waals surface area contributed by atoms with Crippen LogP contribution in [0.2, 0.25) is 0 Å². The Balaban J connectivity index is 1.25. The summed E-state index contributed by atoms with van der Waals surface area (Å²) < 4.78 is 2.02. The van der Waals surface area contributed by atoms with Gasteiger partial charge in [0, 0.05) is 37.0 Å². The second-order valence-corrected chi connectivity index (χ2v) is 9.03. The third-order valence-electron chi connectivity index (χ3n) is 6.60. The molecule has 1 saturated heterocycles. The van der Waals surface area contributed by atoms with Gasteiger partial charge in [-0.3, -0.25) is 15.0 Å². The smallest absolute Gasteiger partial charge is 0.279 e. The second-order valence-electron chi connectivity index (χ2n) is 9.03. The van der Waals surface area contributed by atoms with Crippen LogP contribution in [0, 0.1) is 10.1 Å². The lowest BCUT2D eigenvalue weighted by Crippen LogP contribution is -2.33. The van der Waals surface area contributed by atoms with Crippen molar-refractivity contribution >= 4 is 17.1 Å². The summed E-state index contributed by atoms with van der Waals surface area (Å²) >= 11 is 0. The maximum absolute atomic E-state index is 11.8. The Labute approximate surface area is 204 Å². The Hall–Kier alpha value is -4.04. The van der Waals surface area contributed by atoms with Crippen molar-refractivity contribution in [3.8, 4) is 11.1 Å². The van der Waals surface area contributed by atoms with Crippen molar-refractivity contribution in [2.45, 2.75) is 25.3 Å². The van der Waals surface area contributed by atoms with E-state index in [2.05, 4.69) is 32.5 Å². The first-order valence-electron chi connectivity index (χ1n) is 11.8. The molecule has 0 spiro atoms. The van der Waals surface area contributed by atoms with Gasteiger partial charge in [0.05, 0.1) is 10.5 Å². The number of rotatable bonds is 7. The molecule has 1 aliphatic rings. The minimum absolute atomic E-state index is 0.0862. The lowest BCUT2D eigenvalue weighted by molar-refractivity contribution is -0.384. The Bertz CT molecular complexity index is 1310. The lowest BCUT2D eigenvalue weighted by Gasteiger charge is -2.31. The van der Waals surface area contributed by atoms with Crippen LogP contribution < -0.4 is 5.32 Å². The quantitative estimate of drug-likeness (QED) is 0.284. The van der Waals surface area contributed by atoms with Crippen LogP contribution in [0.25, 0.3) is 11.1 Å². The van der Waals surface area contributed by atoms with Gasteiger partial charge in [-0.1, -0.05) is 42.5 Å². The first-order valence-corrected chi connectivity index (χ1v) is 11.8. The van der Waals surface area contributed by atoms with E-state index in [1.165, 1.54) is 5.56 Å². The summed E-state index contributed by atoms with van der Waals surface area (Å²) in [5, 5.41) is 23.4. The topological polar surface area (TPSA) is 89.1 Å². The van der Waals surface area contributed by atoms with E-state index < -0.39 is 0 Å². The summed E-state index contributed by atoms with van der Waals surface area (Å²) in [5.41, 5.74) is 4.34. The predicted molar refractivity (Wildman–Crippen MR) is 137 cm³/mol. The first kappa shape index (κ1) is 22.7. The number of hydrogen-bond acceptors (Lipinski definition) is 6. The Kier molecular flexibility index (Phi) is 6.54. The molecule has 0 saturated carbocycles. The maximum Gasteiger partial charge on any atom is 0.279 e. The Morgan fingerprint density at radius 1 is 1.00 bits per heavy atom. The number of aryl methyl sites for hydroxylation is 1. The molecule has 3 aromatic carbocycles. The van der Waals surface area contributed by atoms with Crippen molar-refractivity contribution in [3.05, 3.63) is 101 Å². The molecule has 35 heavy (non-hydrogen) atoms. The summed E-state index contributed by atoms with van der Waals surface area (Å²) in [4.78, 5) is 13.9. The number of piperidine rings is 1. The average molecular weight is 469 g/mol. The van der Waals surface area contributed by atoms with E-state index in [1.807, 2.05) is 60.1 Å². The van der Waals surface area contributed by atoms with Crippen LogP contribution in [0.15, 0.2) is 79.1 Å². The van der Waals surface area contributed by atoms with Crippen LogP contribution >= 0.6 is 0 Å². The van der Waals surface area contributed by atoms with E-state index in [-0.39, 0.29) is 10.6 Å². The summed E-state index contributed by atoms with van der Waals surface area (Å²) in [6, 6.07) is 23.0. The first-order chi connectivity index (χ1) is 17.1. The van der Waals surface area contributed by atoms with Crippen molar-refractivity contribution in [2.24, 2.45) is 7.05 Å². The molecule has 2 heterocycles. The van der Waals surface area contributed by atoms with E-state index in [0.29, 0.717) is 17.2 Å². The zero-order valence-electron chi connectivity index (χ0n) is 19.7. The third kappa shape index (κ3) is 5.22. The van der Waals surface area contributed by atoms with Gasteiger partial charge in [-0.2, -0.15) is 0 Å². The minimum Gasteiger partial charge on any atom is -0.355 e. The van der Waals surface area contributed by atoms with Crippen molar-refractivity contribution in [3.63, 3.8) is 0 Å². The molecule has 0 radical (unpaired) electrons. The van der Waals surface area contributed by atoms with Gasteiger partial charge in [0.15, 0.2) is 0 Å². The van der Waals surface area contributed by atoms with Crippen molar-refractivity contribution in [2.75, 3.05) is 18.4 Å². The van der Waals surface area contributed by atoms with Crippen molar-refractivity contribution in [1.29, 1.82) is 0 Å². The number of anilines is 2. The molecule has 1 aromatic heterocycles. The number of nitro benzene ring substituents is 1. The summed E-state index contributed by atoms with van der Waals surface area (Å²) in [5.74, 6) is 1.53. The highest BCUT2D eigenvalue weighted by Crippen LogP contribution is 2.33. The van der Waals surface area contributed by atoms with E-state index in [1.54, 1.807) is 18.5 Å². The van der Waals surface area contributed by atoms with Crippen LogP contribution in [0.1, 0.15) is 30.1 Å². The standard InChI is InChI=1S/C27H28N6O2/c1-31-19-28-30-27(31)22-12-14-32(15-13-22)18-20-6-5-9-23(16-20)29-24-10-11-25(26(17-24)33(34)35)21-7-3-2-4-8-21/h2-11,16-17,19,22,29H,12-15,18H2,1H3. The largest absolute Gasteiger partial charge is 0.355 e. The summed E-state index contributed by atoms with van der Waals surface area (Å²) in [6.45, 7) is 2.90. The Morgan fingerprint density at radius 2 is 1.77 bits per heavy atom. The molecule has 8 nitrogen and oxygen atoms in total. The van der Waals surface area contributed by atoms with Crippen LogP contribution in [0.4, 0.5) is 17.1 Å². The molecule has 1 N–H and O–H groups in total. The molecule has 0 amide bonds. The fourth-order valence-electron chi connectivity index (χ4n) is 4.81. The maximum atomic E-state index is 11.8. The number of hydrogen-bond donors (Lipinski definition) is 1. The molecule has 8 heteroatoms. The normalized spacial score (nSPS) is 14.7. The molecule has 0 atom stereocenters. The summed E-state index contributed by atoms with van der Waals surface area (Å²) in [6.07, 6.45) is 3.91. The molecule has 5 rings (SSSR count). The number of benzene rings is 3. The molecule has 1 aliphatic heterocycles. The van der Waals surface area contributed by atoms with Crippen molar-refractivity contribution < 1.29 is 4.92 Å². The van der Waals surface area contributed by atoms with E-state index in [9.17, 15) is 10.1 Å². The van der Waals surface area contributed by atoms with E-state index in [4.69, 9.17) is 0 Å². The molecule has 0 unspecified atom stereocenters. The van der Waals surface area contributed by atoms with E-state index in [0.717, 1.165) is 49.6 Å². The van der Waals surface area contributed by atoms with Crippen LogP contribution in [-0.2, 0) is 13.6 Å². The minimum atomic E-state index is -0.325. The van der Waals surface area contributed by atoms with Gasteiger partial charge in [0.25, 0.3) is 5.69 Å². The fourth-order valence-corrected chi connectivity index (χ4v) is 4.81. The number of aromatic nitrogens is 3. The van der Waals surface area contributed by atoms with E-state index >= 15 is 0 Å². The second kappa shape index (κ2) is 10.1. The monoisotopic (exact) mass is 468 g/mol. The Morgan fingerprint density at radius 3 is 2.49 bits per heavy atom.